The minimum Gasteiger partial charge on any atom is -0.368 e. The average molecular weight is 414 g/mol. The maximum atomic E-state index is 13.1. The van der Waals surface area contributed by atoms with Gasteiger partial charge in [0.2, 0.25) is 0 Å². The van der Waals surface area contributed by atoms with Crippen molar-refractivity contribution in [3.63, 3.8) is 0 Å². The van der Waals surface area contributed by atoms with Gasteiger partial charge < -0.3 is 14.6 Å². The summed E-state index contributed by atoms with van der Waals surface area (Å²) in [7, 11) is 0. The van der Waals surface area contributed by atoms with Gasteiger partial charge in [-0.1, -0.05) is 24.3 Å². The number of nitrogens with zero attached hydrogens (tertiary/aromatic N) is 3. The van der Waals surface area contributed by atoms with Crippen molar-refractivity contribution in [1.29, 1.82) is 0 Å². The summed E-state index contributed by atoms with van der Waals surface area (Å²) in [6.07, 6.45) is 5.32. The highest BCUT2D eigenvalue weighted by atomic mass is 16.5. The lowest BCUT2D eigenvalue weighted by Gasteiger charge is -2.43. The molecule has 0 unspecified atom stereocenters. The first-order valence-electron chi connectivity index (χ1n) is 10.7. The smallest absolute Gasteiger partial charge is 0.270 e. The van der Waals surface area contributed by atoms with Crippen molar-refractivity contribution in [3.05, 3.63) is 82.0 Å². The highest BCUT2D eigenvalue weighted by molar-refractivity contribution is 5.94. The molecule has 5 heterocycles. The molecule has 0 saturated carbocycles. The second kappa shape index (κ2) is 6.78. The van der Waals surface area contributed by atoms with E-state index in [-0.39, 0.29) is 17.0 Å². The normalized spacial score (nSPS) is 17.9. The molecule has 0 atom stereocenters. The minimum absolute atomic E-state index is 0.107. The molecule has 0 bridgehead atoms. The Bertz CT molecular complexity index is 1380. The summed E-state index contributed by atoms with van der Waals surface area (Å²) in [5, 5.41) is 1.26. The maximum Gasteiger partial charge on any atom is 0.270 e. The topological polar surface area (TPSA) is 79.7 Å². The van der Waals surface area contributed by atoms with Crippen LogP contribution in [0.4, 0.5) is 0 Å². The van der Waals surface area contributed by atoms with Crippen LogP contribution in [0.1, 0.15) is 34.5 Å². The Labute approximate surface area is 178 Å². The number of pyridine rings is 1. The second-order valence-corrected chi connectivity index (χ2v) is 8.31. The van der Waals surface area contributed by atoms with E-state index in [4.69, 9.17) is 4.74 Å². The molecule has 1 N–H and O–H groups in total. The zero-order chi connectivity index (χ0) is 21.0. The van der Waals surface area contributed by atoms with Gasteiger partial charge in [-0.3, -0.25) is 14.0 Å². The number of hydrogen-bond acceptors (Lipinski definition) is 4. The number of para-hydroxylation sites is 1. The largest absolute Gasteiger partial charge is 0.368 e. The molecule has 1 amide bonds. The summed E-state index contributed by atoms with van der Waals surface area (Å²) in [4.78, 5) is 35.6. The third kappa shape index (κ3) is 2.73. The second-order valence-electron chi connectivity index (χ2n) is 8.31. The Balaban J connectivity index is 1.29. The van der Waals surface area contributed by atoms with E-state index in [0.29, 0.717) is 38.2 Å². The summed E-state index contributed by atoms with van der Waals surface area (Å²) in [5.74, 6) is -0.265. The Morgan fingerprint density at radius 1 is 1.10 bits per heavy atom. The lowest BCUT2D eigenvalue weighted by atomic mass is 9.83. The number of amides is 1. The van der Waals surface area contributed by atoms with Gasteiger partial charge in [0.15, 0.2) is 0 Å². The minimum atomic E-state index is -0.403. The van der Waals surface area contributed by atoms with Crippen LogP contribution in [0.15, 0.2) is 59.7 Å². The predicted octanol–water partition coefficient (Wildman–Crippen LogP) is 2.88. The molecule has 0 aliphatic carbocycles. The van der Waals surface area contributed by atoms with Crippen molar-refractivity contribution in [2.75, 3.05) is 19.7 Å². The van der Waals surface area contributed by atoms with Crippen molar-refractivity contribution in [2.45, 2.75) is 24.9 Å². The lowest BCUT2D eigenvalue weighted by Crippen LogP contribution is -2.49. The molecular weight excluding hydrogens is 392 g/mol. The maximum absolute atomic E-state index is 13.1. The van der Waals surface area contributed by atoms with Crippen LogP contribution in [0.25, 0.3) is 16.6 Å². The van der Waals surface area contributed by atoms with Gasteiger partial charge in [0.05, 0.1) is 12.3 Å². The van der Waals surface area contributed by atoms with Gasteiger partial charge in [0, 0.05) is 36.4 Å². The van der Waals surface area contributed by atoms with Crippen molar-refractivity contribution in [1.82, 2.24) is 19.3 Å². The standard InChI is InChI=1S/C24H22N4O3/c29-22(18-15-25-20-7-3-4-11-28(20)23(18)30)27-12-9-24(10-13-27)21-17(8-14-31-24)16-5-1-2-6-19(16)26-21/h1-7,11,15,26H,8-10,12-14H2. The highest BCUT2D eigenvalue weighted by Gasteiger charge is 2.43. The van der Waals surface area contributed by atoms with Gasteiger partial charge in [0.25, 0.3) is 11.5 Å². The zero-order valence-corrected chi connectivity index (χ0v) is 17.0. The number of likely N-dealkylation sites (tertiary alicyclic amines) is 1. The van der Waals surface area contributed by atoms with Gasteiger partial charge in [0.1, 0.15) is 16.8 Å². The SMILES string of the molecule is O=C(c1cnc2ccccn2c1=O)N1CCC2(CC1)OCCc1c2[nH]c2ccccc12. The molecule has 1 aromatic carbocycles. The molecule has 31 heavy (non-hydrogen) atoms. The molecule has 1 fully saturated rings. The van der Waals surface area contributed by atoms with Crippen molar-refractivity contribution >= 4 is 22.5 Å². The number of H-pyrrole nitrogens is 1. The molecule has 6 rings (SSSR count). The Hall–Kier alpha value is -3.45. The van der Waals surface area contributed by atoms with Crippen molar-refractivity contribution in [2.24, 2.45) is 0 Å². The fourth-order valence-electron chi connectivity index (χ4n) is 5.08. The van der Waals surface area contributed by atoms with Crippen LogP contribution >= 0.6 is 0 Å². The van der Waals surface area contributed by atoms with Crippen LogP contribution in [0, 0.1) is 0 Å². The number of fused-ring (bicyclic) bond motifs is 5. The monoisotopic (exact) mass is 414 g/mol. The molecule has 3 aromatic heterocycles. The first-order valence-corrected chi connectivity index (χ1v) is 10.7. The van der Waals surface area contributed by atoms with Gasteiger partial charge in [-0.2, -0.15) is 0 Å². The van der Waals surface area contributed by atoms with Crippen LogP contribution in [0.3, 0.4) is 0 Å². The Morgan fingerprint density at radius 3 is 2.77 bits per heavy atom. The van der Waals surface area contributed by atoms with Crippen LogP contribution in [-0.2, 0) is 16.8 Å². The quantitative estimate of drug-likeness (QED) is 0.519. The van der Waals surface area contributed by atoms with Gasteiger partial charge in [-0.25, -0.2) is 4.98 Å². The third-order valence-corrected chi connectivity index (χ3v) is 6.70. The van der Waals surface area contributed by atoms with Crippen LogP contribution in [0.2, 0.25) is 0 Å². The van der Waals surface area contributed by atoms with E-state index >= 15 is 0 Å². The molecule has 1 spiro atoms. The lowest BCUT2D eigenvalue weighted by molar-refractivity contribution is -0.0957. The van der Waals surface area contributed by atoms with E-state index in [1.165, 1.54) is 21.5 Å². The van der Waals surface area contributed by atoms with Crippen LogP contribution in [0.5, 0.6) is 0 Å². The summed E-state index contributed by atoms with van der Waals surface area (Å²) in [5.41, 5.74) is 3.52. The molecule has 7 nitrogen and oxygen atoms in total. The highest BCUT2D eigenvalue weighted by Crippen LogP contribution is 2.43. The zero-order valence-electron chi connectivity index (χ0n) is 17.0. The van der Waals surface area contributed by atoms with E-state index in [0.717, 1.165) is 17.6 Å². The number of carbonyl (C=O) groups excluding carboxylic acids is 1. The fourth-order valence-corrected chi connectivity index (χ4v) is 5.08. The summed E-state index contributed by atoms with van der Waals surface area (Å²) in [6.45, 7) is 1.74. The molecule has 1 saturated heterocycles. The van der Waals surface area contributed by atoms with E-state index in [9.17, 15) is 9.59 Å². The van der Waals surface area contributed by atoms with Gasteiger partial charge in [-0.15, -0.1) is 0 Å². The van der Waals surface area contributed by atoms with E-state index < -0.39 is 5.60 Å². The van der Waals surface area contributed by atoms with Crippen LogP contribution < -0.4 is 5.56 Å². The number of nitrogens with one attached hydrogen (secondary N) is 1. The number of hydrogen-bond donors (Lipinski definition) is 1. The number of aromatic amines is 1. The van der Waals surface area contributed by atoms with Crippen molar-refractivity contribution < 1.29 is 9.53 Å². The molecule has 156 valence electrons. The molecular formula is C24H22N4O3. The summed E-state index contributed by atoms with van der Waals surface area (Å²) in [6, 6.07) is 13.7. The first kappa shape index (κ1) is 18.3. The molecule has 7 heteroatoms. The average Bonchev–Trinajstić information content (AvgIpc) is 3.20. The van der Waals surface area contributed by atoms with Crippen molar-refractivity contribution in [3.8, 4) is 0 Å². The van der Waals surface area contributed by atoms with E-state index in [1.807, 2.05) is 12.1 Å². The molecule has 2 aliphatic heterocycles. The number of carbonyl (C=O) groups is 1. The van der Waals surface area contributed by atoms with E-state index in [1.54, 1.807) is 23.2 Å². The molecule has 4 aromatic rings. The number of benzene rings is 1. The fraction of sp³-hybridized carbons (Fsp3) is 0.292. The first-order chi connectivity index (χ1) is 15.2. The van der Waals surface area contributed by atoms with Gasteiger partial charge in [-0.05, 0) is 43.0 Å². The molecule has 0 radical (unpaired) electrons. The third-order valence-electron chi connectivity index (χ3n) is 6.70. The summed E-state index contributed by atoms with van der Waals surface area (Å²) >= 11 is 0. The Kier molecular flexibility index (Phi) is 4.01. The number of ether oxygens (including phenoxy) is 1. The molecule has 2 aliphatic rings. The predicted molar refractivity (Wildman–Crippen MR) is 116 cm³/mol. The van der Waals surface area contributed by atoms with Crippen LogP contribution in [-0.4, -0.2) is 44.9 Å². The van der Waals surface area contributed by atoms with Gasteiger partial charge >= 0.3 is 0 Å². The number of piperidine rings is 1. The van der Waals surface area contributed by atoms with E-state index in [2.05, 4.69) is 28.2 Å². The summed E-state index contributed by atoms with van der Waals surface area (Å²) < 4.78 is 7.75. The number of aromatic nitrogens is 3. The number of rotatable bonds is 1. The Morgan fingerprint density at radius 2 is 1.90 bits per heavy atom.